The minimum absolute atomic E-state index is 0.149. The average molecular weight is 191 g/mol. The molecular weight excluding hydrogens is 182 g/mol. The number of aliphatic carboxylic acids is 1. The Labute approximate surface area is 71.9 Å². The van der Waals surface area contributed by atoms with Crippen molar-refractivity contribution in [2.24, 2.45) is 4.99 Å². The van der Waals surface area contributed by atoms with Gasteiger partial charge in [-0.05, 0) is 5.41 Å². The number of aliphatic imine (C=N–C) groups is 1. The molecule has 5 heteroatoms. The molecule has 11 heavy (non-hydrogen) atoms. The molecule has 0 aromatic heterocycles. The molecule has 1 aliphatic rings. The molecule has 0 radical (unpaired) electrons. The minimum Gasteiger partial charge on any atom is -0.481 e. The largest absolute Gasteiger partial charge is 0.481 e. The van der Waals surface area contributed by atoms with Gasteiger partial charge in [-0.2, -0.15) is 22.7 Å². The number of carbonyl (C=O) groups is 1. The fourth-order valence-electron chi connectivity index (χ4n) is 0.785. The van der Waals surface area contributed by atoms with Gasteiger partial charge in [-0.3, -0.25) is 9.79 Å². The van der Waals surface area contributed by atoms with Crippen molar-refractivity contribution in [1.29, 1.82) is 0 Å². The smallest absolute Gasteiger partial charge is 0.312 e. The molecule has 0 saturated heterocycles. The lowest BCUT2D eigenvalue weighted by Gasteiger charge is -2.24. The monoisotopic (exact) mass is 191 g/mol. The van der Waals surface area contributed by atoms with E-state index in [-0.39, 0.29) is 5.75 Å². The molecule has 0 aromatic carbocycles. The molecule has 1 aliphatic heterocycles. The lowest BCUT2D eigenvalue weighted by atomic mass is 10.8. The summed E-state index contributed by atoms with van der Waals surface area (Å²) in [6, 6.07) is 0. The van der Waals surface area contributed by atoms with Crippen LogP contribution in [0.2, 0.25) is 0 Å². The van der Waals surface area contributed by atoms with Gasteiger partial charge in [-0.1, -0.05) is 0 Å². The van der Waals surface area contributed by atoms with Crippen LogP contribution in [0.5, 0.6) is 0 Å². The summed E-state index contributed by atoms with van der Waals surface area (Å²) in [5.41, 5.74) is 1.72. The molecular formula is C6H9NO2S2. The topological polar surface area (TPSA) is 49.7 Å². The summed E-state index contributed by atoms with van der Waals surface area (Å²) in [5, 5.41) is 11.0. The summed E-state index contributed by atoms with van der Waals surface area (Å²) in [6.07, 6.45) is 1.65. The number of carboxylic acids is 1. The van der Waals surface area contributed by atoms with Crippen LogP contribution in [-0.4, -0.2) is 27.5 Å². The zero-order valence-electron chi connectivity index (χ0n) is 5.80. The highest BCUT2D eigenvalue weighted by molar-refractivity contribution is 8.49. The van der Waals surface area contributed by atoms with Crippen LogP contribution in [0.3, 0.4) is 0 Å². The van der Waals surface area contributed by atoms with E-state index in [9.17, 15) is 4.79 Å². The van der Waals surface area contributed by atoms with Crippen LogP contribution in [0.15, 0.2) is 16.6 Å². The van der Waals surface area contributed by atoms with Gasteiger partial charge >= 0.3 is 5.97 Å². The molecule has 0 saturated carbocycles. The molecule has 0 spiro atoms. The van der Waals surface area contributed by atoms with Gasteiger partial charge in [-0.15, -0.1) is 0 Å². The van der Waals surface area contributed by atoms with Crippen LogP contribution in [-0.2, 0) is 4.79 Å². The van der Waals surface area contributed by atoms with Crippen molar-refractivity contribution in [2.75, 3.05) is 10.8 Å². The SMILES string of the molecule is O=C(O)CS1(CS)C=CN=C1. The highest BCUT2D eigenvalue weighted by Crippen LogP contribution is 2.49. The molecule has 3 nitrogen and oxygen atoms in total. The first-order chi connectivity index (χ1) is 5.18. The molecule has 1 unspecified atom stereocenters. The predicted molar refractivity (Wildman–Crippen MR) is 51.6 cm³/mol. The average Bonchev–Trinajstić information content (AvgIpc) is 2.36. The second-order valence-electron chi connectivity index (χ2n) is 2.21. The molecule has 0 amide bonds. The third-order valence-electron chi connectivity index (χ3n) is 1.32. The van der Waals surface area contributed by atoms with E-state index in [2.05, 4.69) is 17.6 Å². The number of thiol groups is 1. The highest BCUT2D eigenvalue weighted by atomic mass is 32.3. The first-order valence-electron chi connectivity index (χ1n) is 3.00. The summed E-state index contributed by atoms with van der Waals surface area (Å²) >= 11 is 4.11. The summed E-state index contributed by atoms with van der Waals surface area (Å²) < 4.78 is 0. The van der Waals surface area contributed by atoms with Crippen molar-refractivity contribution in [2.45, 2.75) is 0 Å². The van der Waals surface area contributed by atoms with Crippen molar-refractivity contribution in [3.05, 3.63) is 11.6 Å². The Hall–Kier alpha value is -0.420. The fourth-order valence-corrected chi connectivity index (χ4v) is 3.09. The van der Waals surface area contributed by atoms with Gasteiger partial charge in [0, 0.05) is 16.8 Å². The van der Waals surface area contributed by atoms with E-state index < -0.39 is 16.0 Å². The Morgan fingerprint density at radius 1 is 1.73 bits per heavy atom. The van der Waals surface area contributed by atoms with Crippen LogP contribution in [0.1, 0.15) is 0 Å². The first-order valence-corrected chi connectivity index (χ1v) is 5.73. The Kier molecular flexibility index (Phi) is 2.62. The number of carboxylic acid groups (broad SMARTS) is 1. The van der Waals surface area contributed by atoms with Gasteiger partial charge in [-0.25, -0.2) is 0 Å². The van der Waals surface area contributed by atoms with Crippen molar-refractivity contribution < 1.29 is 9.90 Å². The molecule has 1 N–H and O–H groups in total. The van der Waals surface area contributed by atoms with Crippen LogP contribution in [0.25, 0.3) is 0 Å². The van der Waals surface area contributed by atoms with Gasteiger partial charge in [0.25, 0.3) is 0 Å². The van der Waals surface area contributed by atoms with E-state index >= 15 is 0 Å². The van der Waals surface area contributed by atoms with Crippen molar-refractivity contribution >= 4 is 34.2 Å². The van der Waals surface area contributed by atoms with E-state index in [1.807, 2.05) is 5.41 Å². The molecule has 1 heterocycles. The maximum absolute atomic E-state index is 10.4. The van der Waals surface area contributed by atoms with E-state index in [1.165, 1.54) is 0 Å². The fraction of sp³-hybridized carbons (Fsp3) is 0.333. The van der Waals surface area contributed by atoms with Gasteiger partial charge in [0.1, 0.15) is 0 Å². The van der Waals surface area contributed by atoms with E-state index in [0.29, 0.717) is 5.08 Å². The number of rotatable bonds is 3. The van der Waals surface area contributed by atoms with Gasteiger partial charge in [0.15, 0.2) is 0 Å². The Morgan fingerprint density at radius 3 is 2.82 bits per heavy atom. The van der Waals surface area contributed by atoms with Gasteiger partial charge in [0.2, 0.25) is 0 Å². The third kappa shape index (κ3) is 2.00. The predicted octanol–water partition coefficient (Wildman–Crippen LogP) is 1.28. The van der Waals surface area contributed by atoms with Crippen LogP contribution >= 0.6 is 22.7 Å². The maximum atomic E-state index is 10.4. The van der Waals surface area contributed by atoms with E-state index in [0.717, 1.165) is 0 Å². The lowest BCUT2D eigenvalue weighted by molar-refractivity contribution is -0.133. The zero-order chi connectivity index (χ0) is 8.32. The van der Waals surface area contributed by atoms with Gasteiger partial charge < -0.3 is 5.11 Å². The quantitative estimate of drug-likeness (QED) is 0.660. The maximum Gasteiger partial charge on any atom is 0.312 e. The summed E-state index contributed by atoms with van der Waals surface area (Å²) in [6.45, 7) is 0. The second-order valence-corrected chi connectivity index (χ2v) is 6.03. The number of hydrogen-bond donors (Lipinski definition) is 2. The van der Waals surface area contributed by atoms with Crippen LogP contribution < -0.4 is 0 Å². The molecule has 62 valence electrons. The molecule has 0 fully saturated rings. The summed E-state index contributed by atoms with van der Waals surface area (Å²) in [4.78, 5) is 14.3. The molecule has 0 aromatic rings. The van der Waals surface area contributed by atoms with Crippen LogP contribution in [0, 0.1) is 0 Å². The van der Waals surface area contributed by atoms with Crippen molar-refractivity contribution in [1.82, 2.24) is 0 Å². The Morgan fingerprint density at radius 2 is 2.45 bits per heavy atom. The number of nitrogens with zero attached hydrogens (tertiary/aromatic N) is 1. The molecule has 1 rings (SSSR count). The molecule has 0 bridgehead atoms. The van der Waals surface area contributed by atoms with Crippen LogP contribution in [0.4, 0.5) is 0 Å². The standard InChI is InChI=1S/C6H9NO2S2/c8-6(9)3-11(5-10)2-1-7-4-11/h1-2,4,10H,3,5H2,(H,8,9). The lowest BCUT2D eigenvalue weighted by Crippen LogP contribution is -2.12. The Bertz CT molecular complexity index is 213. The second kappa shape index (κ2) is 3.32. The number of hydrogen-bond acceptors (Lipinski definition) is 3. The highest BCUT2D eigenvalue weighted by Gasteiger charge is 2.22. The third-order valence-corrected chi connectivity index (χ3v) is 5.23. The van der Waals surface area contributed by atoms with E-state index in [4.69, 9.17) is 5.11 Å². The Balaban J connectivity index is 2.69. The normalized spacial score (nSPS) is 33.5. The van der Waals surface area contributed by atoms with Gasteiger partial charge in [0.05, 0.1) is 5.75 Å². The zero-order valence-corrected chi connectivity index (χ0v) is 7.52. The summed E-state index contributed by atoms with van der Waals surface area (Å²) in [7, 11) is -1.31. The van der Waals surface area contributed by atoms with Crippen molar-refractivity contribution in [3.63, 3.8) is 0 Å². The minimum atomic E-state index is -1.31. The molecule has 0 aliphatic carbocycles. The first kappa shape index (κ1) is 8.67. The molecule has 1 atom stereocenters. The van der Waals surface area contributed by atoms with E-state index in [1.54, 1.807) is 11.7 Å². The van der Waals surface area contributed by atoms with Crippen molar-refractivity contribution in [3.8, 4) is 0 Å². The summed E-state index contributed by atoms with van der Waals surface area (Å²) in [5.74, 6) is -0.636.